The van der Waals surface area contributed by atoms with Gasteiger partial charge in [-0.05, 0) is 75.9 Å². The molecule has 2 aromatic rings. The lowest BCUT2D eigenvalue weighted by Gasteiger charge is -2.44. The van der Waals surface area contributed by atoms with E-state index in [4.69, 9.17) is 4.74 Å². The van der Waals surface area contributed by atoms with E-state index in [9.17, 15) is 9.18 Å². The first-order chi connectivity index (χ1) is 16.5. The summed E-state index contributed by atoms with van der Waals surface area (Å²) in [5.74, 6) is 1.01. The molecule has 0 unspecified atom stereocenters. The highest BCUT2D eigenvalue weighted by atomic mass is 19.1. The summed E-state index contributed by atoms with van der Waals surface area (Å²) in [7, 11) is 0. The van der Waals surface area contributed by atoms with Gasteiger partial charge in [-0.15, -0.1) is 0 Å². The third-order valence-corrected chi connectivity index (χ3v) is 8.07. The number of carbonyl (C=O) groups is 1. The molecule has 1 aromatic carbocycles. The van der Waals surface area contributed by atoms with Gasteiger partial charge < -0.3 is 14.5 Å². The second-order valence-electron chi connectivity index (χ2n) is 10.4. The molecule has 0 spiro atoms. The summed E-state index contributed by atoms with van der Waals surface area (Å²) in [5.41, 5.74) is 0.484. The van der Waals surface area contributed by atoms with Gasteiger partial charge in [0.25, 0.3) is 0 Å². The third-order valence-electron chi connectivity index (χ3n) is 8.07. The van der Waals surface area contributed by atoms with Crippen LogP contribution in [0.2, 0.25) is 0 Å². The van der Waals surface area contributed by atoms with E-state index in [0.29, 0.717) is 18.2 Å². The fourth-order valence-corrected chi connectivity index (χ4v) is 5.94. The monoisotopic (exact) mass is 466 g/mol. The van der Waals surface area contributed by atoms with Crippen LogP contribution in [0.25, 0.3) is 0 Å². The zero-order valence-corrected chi connectivity index (χ0v) is 20.1. The van der Waals surface area contributed by atoms with Gasteiger partial charge in [-0.1, -0.05) is 19.8 Å². The summed E-state index contributed by atoms with van der Waals surface area (Å²) < 4.78 is 19.2. The highest BCUT2D eigenvalue weighted by Crippen LogP contribution is 2.39. The van der Waals surface area contributed by atoms with Crippen LogP contribution in [0, 0.1) is 11.2 Å². The lowest BCUT2D eigenvalue weighted by atomic mass is 9.78. The van der Waals surface area contributed by atoms with Crippen molar-refractivity contribution in [1.82, 2.24) is 19.8 Å². The first-order valence-electron chi connectivity index (χ1n) is 12.8. The number of rotatable bonds is 5. The van der Waals surface area contributed by atoms with Crippen LogP contribution in [-0.4, -0.2) is 57.9 Å². The highest BCUT2D eigenvalue weighted by Gasteiger charge is 2.42. The molecule has 1 aliphatic carbocycles. The molecular weight excluding hydrogens is 431 g/mol. The molecule has 3 heterocycles. The van der Waals surface area contributed by atoms with Gasteiger partial charge in [0, 0.05) is 42.9 Å². The minimum atomic E-state index is -0.310. The third kappa shape index (κ3) is 4.95. The van der Waals surface area contributed by atoms with Gasteiger partial charge in [-0.2, -0.15) is 0 Å². The molecule has 182 valence electrons. The Morgan fingerprint density at radius 1 is 1.00 bits per heavy atom. The van der Waals surface area contributed by atoms with Gasteiger partial charge in [-0.25, -0.2) is 9.37 Å². The van der Waals surface area contributed by atoms with Gasteiger partial charge >= 0.3 is 0 Å². The molecule has 1 amide bonds. The number of halogens is 1. The summed E-state index contributed by atoms with van der Waals surface area (Å²) in [6, 6.07) is 6.64. The number of benzene rings is 1. The number of piperidine rings is 2. The highest BCUT2D eigenvalue weighted by molar-refractivity contribution is 5.82. The fraction of sp³-hybridized carbons (Fsp3) is 0.593. The Labute approximate surface area is 201 Å². The average molecular weight is 467 g/mol. The van der Waals surface area contributed by atoms with Gasteiger partial charge in [0.05, 0.1) is 0 Å². The van der Waals surface area contributed by atoms with Crippen molar-refractivity contribution in [3.05, 3.63) is 48.2 Å². The molecule has 6 nitrogen and oxygen atoms in total. The van der Waals surface area contributed by atoms with E-state index in [-0.39, 0.29) is 23.1 Å². The standard InChI is InChI=1S/C27H35FN4O2/c1-27(12-17-31(18-13-27)22-6-2-3-7-22)26(33)32-16-4-5-20(19-32)24-25(30-15-14-29-24)34-23-10-8-21(28)9-11-23/h8-11,14-15,20,22H,2-7,12-13,16-19H2,1H3/t20-/m0/s1. The number of aromatic nitrogens is 2. The largest absolute Gasteiger partial charge is 0.437 e. The van der Waals surface area contributed by atoms with Crippen molar-refractivity contribution in [3.63, 3.8) is 0 Å². The second kappa shape index (κ2) is 9.98. The van der Waals surface area contributed by atoms with Gasteiger partial charge in [0.15, 0.2) is 0 Å². The van der Waals surface area contributed by atoms with Crippen molar-refractivity contribution in [2.24, 2.45) is 5.41 Å². The number of amides is 1. The SMILES string of the molecule is CC1(C(=O)N2CCC[C@H](c3nccnc3Oc3ccc(F)cc3)C2)CCN(C2CCCC2)CC1. The summed E-state index contributed by atoms with van der Waals surface area (Å²) in [5, 5.41) is 0. The van der Waals surface area contributed by atoms with Crippen LogP contribution in [0.3, 0.4) is 0 Å². The molecule has 3 aliphatic rings. The van der Waals surface area contributed by atoms with Crippen molar-refractivity contribution >= 4 is 5.91 Å². The summed E-state index contributed by atoms with van der Waals surface area (Å²) in [4.78, 5) is 27.4. The Morgan fingerprint density at radius 2 is 1.71 bits per heavy atom. The Morgan fingerprint density at radius 3 is 2.44 bits per heavy atom. The van der Waals surface area contributed by atoms with Gasteiger partial charge in [0.1, 0.15) is 17.3 Å². The van der Waals surface area contributed by atoms with Crippen molar-refractivity contribution in [1.29, 1.82) is 0 Å². The van der Waals surface area contributed by atoms with Crippen LogP contribution in [0.15, 0.2) is 36.7 Å². The van der Waals surface area contributed by atoms with E-state index in [0.717, 1.165) is 57.1 Å². The molecule has 1 aromatic heterocycles. The zero-order valence-electron chi connectivity index (χ0n) is 20.1. The maximum atomic E-state index is 13.7. The fourth-order valence-electron chi connectivity index (χ4n) is 5.94. The van der Waals surface area contributed by atoms with Crippen LogP contribution < -0.4 is 4.74 Å². The molecule has 3 fully saturated rings. The lowest BCUT2D eigenvalue weighted by molar-refractivity contribution is -0.145. The Bertz CT molecular complexity index is 984. The molecular formula is C27H35FN4O2. The van der Waals surface area contributed by atoms with Crippen LogP contribution in [0.1, 0.15) is 69.9 Å². The predicted molar refractivity (Wildman–Crippen MR) is 128 cm³/mol. The normalized spacial score (nSPS) is 23.7. The topological polar surface area (TPSA) is 58.6 Å². The molecule has 0 radical (unpaired) electrons. The van der Waals surface area contributed by atoms with Gasteiger partial charge in [0.2, 0.25) is 11.8 Å². The van der Waals surface area contributed by atoms with E-state index in [1.807, 2.05) is 0 Å². The molecule has 1 atom stereocenters. The second-order valence-corrected chi connectivity index (χ2v) is 10.4. The van der Waals surface area contributed by atoms with E-state index < -0.39 is 0 Å². The maximum Gasteiger partial charge on any atom is 0.241 e. The van der Waals surface area contributed by atoms with E-state index >= 15 is 0 Å². The number of ether oxygens (including phenoxy) is 1. The quantitative estimate of drug-likeness (QED) is 0.609. The number of nitrogens with zero attached hydrogens (tertiary/aromatic N) is 4. The molecule has 1 saturated carbocycles. The van der Waals surface area contributed by atoms with Crippen molar-refractivity contribution < 1.29 is 13.9 Å². The van der Waals surface area contributed by atoms with Crippen LogP contribution in [-0.2, 0) is 4.79 Å². The van der Waals surface area contributed by atoms with Crippen molar-refractivity contribution in [2.75, 3.05) is 26.2 Å². The minimum Gasteiger partial charge on any atom is -0.437 e. The Hall–Kier alpha value is -2.54. The van der Waals surface area contributed by atoms with Crippen LogP contribution in [0.5, 0.6) is 11.6 Å². The maximum absolute atomic E-state index is 13.7. The number of likely N-dealkylation sites (tertiary alicyclic amines) is 2. The van der Waals surface area contributed by atoms with Crippen LogP contribution in [0.4, 0.5) is 4.39 Å². The number of carbonyl (C=O) groups excluding carboxylic acids is 1. The van der Waals surface area contributed by atoms with Crippen LogP contribution >= 0.6 is 0 Å². The van der Waals surface area contributed by atoms with Crippen molar-refractivity contribution in [2.45, 2.75) is 70.3 Å². The Kier molecular flexibility index (Phi) is 6.82. The van der Waals surface area contributed by atoms with E-state index in [1.54, 1.807) is 24.5 Å². The lowest BCUT2D eigenvalue weighted by Crippen LogP contribution is -2.52. The molecule has 2 aliphatic heterocycles. The molecule has 0 N–H and O–H groups in total. The van der Waals surface area contributed by atoms with Gasteiger partial charge in [-0.3, -0.25) is 9.78 Å². The van der Waals surface area contributed by atoms with Crippen molar-refractivity contribution in [3.8, 4) is 11.6 Å². The number of hydrogen-bond acceptors (Lipinski definition) is 5. The summed E-state index contributed by atoms with van der Waals surface area (Å²) in [6.45, 7) is 5.66. The first kappa shape index (κ1) is 23.2. The molecule has 0 bridgehead atoms. The predicted octanol–water partition coefficient (Wildman–Crippen LogP) is 5.16. The zero-order chi connectivity index (χ0) is 23.5. The molecule has 7 heteroatoms. The minimum absolute atomic E-state index is 0.0732. The smallest absolute Gasteiger partial charge is 0.241 e. The average Bonchev–Trinajstić information content (AvgIpc) is 3.41. The van der Waals surface area contributed by atoms with E-state index in [2.05, 4.69) is 26.7 Å². The Balaban J connectivity index is 1.25. The first-order valence-corrected chi connectivity index (χ1v) is 12.8. The number of hydrogen-bond donors (Lipinski definition) is 0. The summed E-state index contributed by atoms with van der Waals surface area (Å²) in [6.07, 6.45) is 12.4. The molecule has 2 saturated heterocycles. The molecule has 5 rings (SSSR count). The van der Waals surface area contributed by atoms with E-state index in [1.165, 1.54) is 37.8 Å². The molecule has 34 heavy (non-hydrogen) atoms. The summed E-state index contributed by atoms with van der Waals surface area (Å²) >= 11 is 0.